The molecular formula is C21H20N4O4S. The minimum absolute atomic E-state index is 0.0662. The molecule has 1 saturated heterocycles. The molecule has 1 N–H and O–H groups in total. The summed E-state index contributed by atoms with van der Waals surface area (Å²) in [5.41, 5.74) is 1.63. The number of nitrogens with one attached hydrogen (secondary N) is 1. The molecule has 0 radical (unpaired) electrons. The molecule has 0 spiro atoms. The molecule has 1 saturated carbocycles. The largest absolute Gasteiger partial charge is 0.377 e. The van der Waals surface area contributed by atoms with Gasteiger partial charge in [-0.25, -0.2) is 8.42 Å². The van der Waals surface area contributed by atoms with Crippen molar-refractivity contribution in [1.29, 1.82) is 0 Å². The SMILES string of the molecule is O=C(Nc1ccc(S(=O)(=O)c2cnn(C3COC3)c2)cc1)C1CC1c1cccnc1. The van der Waals surface area contributed by atoms with E-state index in [0.717, 1.165) is 12.0 Å². The zero-order valence-electron chi connectivity index (χ0n) is 16.0. The molecule has 2 fully saturated rings. The molecule has 2 aliphatic rings. The van der Waals surface area contributed by atoms with Gasteiger partial charge >= 0.3 is 0 Å². The Balaban J connectivity index is 1.25. The standard InChI is InChI=1S/C21H20N4O4S/c26-21(20-8-19(20)14-2-1-7-22-9-14)24-15-3-5-17(6-4-15)30(27,28)18-10-23-25(11-18)16-12-29-13-16/h1-7,9-11,16,19-20H,8,12-13H2,(H,24,26). The first kappa shape index (κ1) is 19.0. The molecule has 5 rings (SSSR count). The third-order valence-electron chi connectivity index (χ3n) is 5.55. The number of hydrogen-bond acceptors (Lipinski definition) is 6. The fourth-order valence-corrected chi connectivity index (χ4v) is 4.77. The smallest absolute Gasteiger partial charge is 0.228 e. The summed E-state index contributed by atoms with van der Waals surface area (Å²) >= 11 is 0. The zero-order chi connectivity index (χ0) is 20.7. The van der Waals surface area contributed by atoms with Gasteiger partial charge in [0.25, 0.3) is 0 Å². The second-order valence-electron chi connectivity index (χ2n) is 7.60. The van der Waals surface area contributed by atoms with Crippen LogP contribution in [0.3, 0.4) is 0 Å². The predicted octanol–water partition coefficient (Wildman–Crippen LogP) is 2.42. The molecule has 3 aromatic rings. The van der Waals surface area contributed by atoms with Crippen molar-refractivity contribution < 1.29 is 17.9 Å². The van der Waals surface area contributed by atoms with Crippen LogP contribution in [-0.2, 0) is 19.4 Å². The highest BCUT2D eigenvalue weighted by Gasteiger charge is 2.44. The Labute approximate surface area is 173 Å². The lowest BCUT2D eigenvalue weighted by Crippen LogP contribution is -2.30. The fraction of sp³-hybridized carbons (Fsp3) is 0.286. The van der Waals surface area contributed by atoms with Gasteiger partial charge in [-0.15, -0.1) is 0 Å². The molecule has 30 heavy (non-hydrogen) atoms. The van der Waals surface area contributed by atoms with Gasteiger partial charge in [0.1, 0.15) is 4.90 Å². The minimum Gasteiger partial charge on any atom is -0.377 e. The van der Waals surface area contributed by atoms with E-state index in [1.165, 1.54) is 24.5 Å². The summed E-state index contributed by atoms with van der Waals surface area (Å²) in [6.07, 6.45) is 7.18. The molecule has 1 aliphatic heterocycles. The van der Waals surface area contributed by atoms with Crippen LogP contribution in [0.25, 0.3) is 0 Å². The van der Waals surface area contributed by atoms with E-state index in [1.54, 1.807) is 29.2 Å². The molecule has 9 heteroatoms. The third kappa shape index (κ3) is 3.50. The van der Waals surface area contributed by atoms with Crippen molar-refractivity contribution in [3.8, 4) is 0 Å². The van der Waals surface area contributed by atoms with E-state index in [9.17, 15) is 13.2 Å². The zero-order valence-corrected chi connectivity index (χ0v) is 16.8. The Kier molecular flexibility index (Phi) is 4.63. The topological polar surface area (TPSA) is 103 Å². The summed E-state index contributed by atoms with van der Waals surface area (Å²) < 4.78 is 32.4. The second-order valence-corrected chi connectivity index (χ2v) is 9.55. The number of sulfone groups is 1. The molecule has 2 aromatic heterocycles. The fourth-order valence-electron chi connectivity index (χ4n) is 3.57. The molecule has 154 valence electrons. The average Bonchev–Trinajstić information content (AvgIpc) is 3.38. The first-order valence-corrected chi connectivity index (χ1v) is 11.2. The van der Waals surface area contributed by atoms with Crippen molar-refractivity contribution in [3.05, 3.63) is 66.7 Å². The highest BCUT2D eigenvalue weighted by Crippen LogP contribution is 2.47. The van der Waals surface area contributed by atoms with E-state index >= 15 is 0 Å². The van der Waals surface area contributed by atoms with Crippen LogP contribution < -0.4 is 5.32 Å². The highest BCUT2D eigenvalue weighted by atomic mass is 32.2. The van der Waals surface area contributed by atoms with Gasteiger partial charge in [-0.1, -0.05) is 6.07 Å². The quantitative estimate of drug-likeness (QED) is 0.652. The first-order valence-electron chi connectivity index (χ1n) is 9.70. The van der Waals surface area contributed by atoms with Crippen molar-refractivity contribution in [2.24, 2.45) is 5.92 Å². The average molecular weight is 424 g/mol. The lowest BCUT2D eigenvalue weighted by atomic mass is 10.1. The van der Waals surface area contributed by atoms with Crippen LogP contribution >= 0.6 is 0 Å². The lowest BCUT2D eigenvalue weighted by Gasteiger charge is -2.25. The van der Waals surface area contributed by atoms with E-state index < -0.39 is 9.84 Å². The van der Waals surface area contributed by atoms with Crippen LogP contribution in [0, 0.1) is 5.92 Å². The highest BCUT2D eigenvalue weighted by molar-refractivity contribution is 7.91. The lowest BCUT2D eigenvalue weighted by molar-refractivity contribution is -0.117. The number of pyridine rings is 1. The molecule has 8 nitrogen and oxygen atoms in total. The van der Waals surface area contributed by atoms with Crippen LogP contribution in [0.15, 0.2) is 71.0 Å². The predicted molar refractivity (Wildman–Crippen MR) is 108 cm³/mol. The summed E-state index contributed by atoms with van der Waals surface area (Å²) in [6.45, 7) is 1.08. The Morgan fingerprint density at radius 3 is 2.57 bits per heavy atom. The Bertz CT molecular complexity index is 1170. The Morgan fingerprint density at radius 1 is 1.10 bits per heavy atom. The molecule has 3 heterocycles. The van der Waals surface area contributed by atoms with E-state index in [4.69, 9.17) is 4.74 Å². The summed E-state index contributed by atoms with van der Waals surface area (Å²) in [5.74, 6) is 0.0401. The number of hydrogen-bond donors (Lipinski definition) is 1. The Morgan fingerprint density at radius 2 is 1.90 bits per heavy atom. The van der Waals surface area contributed by atoms with Crippen molar-refractivity contribution in [1.82, 2.24) is 14.8 Å². The maximum absolute atomic E-state index is 12.8. The van der Waals surface area contributed by atoms with Gasteiger partial charge in [-0.05, 0) is 48.2 Å². The van der Waals surface area contributed by atoms with Gasteiger partial charge < -0.3 is 10.1 Å². The van der Waals surface area contributed by atoms with Gasteiger partial charge in [0.2, 0.25) is 15.7 Å². The number of amides is 1. The number of aromatic nitrogens is 3. The van der Waals surface area contributed by atoms with Crippen LogP contribution in [0.2, 0.25) is 0 Å². The first-order chi connectivity index (χ1) is 14.5. The van der Waals surface area contributed by atoms with Crippen molar-refractivity contribution in [2.75, 3.05) is 18.5 Å². The molecular weight excluding hydrogens is 404 g/mol. The third-order valence-corrected chi connectivity index (χ3v) is 7.28. The second kappa shape index (κ2) is 7.33. The number of benzene rings is 1. The summed E-state index contributed by atoms with van der Waals surface area (Å²) in [5, 5.41) is 7.01. The monoisotopic (exact) mass is 424 g/mol. The minimum atomic E-state index is -3.67. The number of rotatable bonds is 6. The number of carbonyl (C=O) groups is 1. The molecule has 0 bridgehead atoms. The van der Waals surface area contributed by atoms with Gasteiger partial charge in [0, 0.05) is 30.2 Å². The van der Waals surface area contributed by atoms with Gasteiger partial charge in [0.05, 0.1) is 30.3 Å². The van der Waals surface area contributed by atoms with E-state index in [2.05, 4.69) is 15.4 Å². The van der Waals surface area contributed by atoms with Crippen molar-refractivity contribution in [3.63, 3.8) is 0 Å². The van der Waals surface area contributed by atoms with Crippen LogP contribution in [0.1, 0.15) is 23.9 Å². The molecule has 1 aromatic carbocycles. The van der Waals surface area contributed by atoms with E-state index in [1.807, 2.05) is 12.1 Å². The van der Waals surface area contributed by atoms with Crippen LogP contribution in [0.5, 0.6) is 0 Å². The maximum Gasteiger partial charge on any atom is 0.228 e. The molecule has 2 unspecified atom stereocenters. The van der Waals surface area contributed by atoms with Crippen molar-refractivity contribution in [2.45, 2.75) is 28.2 Å². The molecule has 2 atom stereocenters. The van der Waals surface area contributed by atoms with Crippen LogP contribution in [0.4, 0.5) is 5.69 Å². The number of ether oxygens (including phenoxy) is 1. The normalized spacial score (nSPS) is 21.1. The maximum atomic E-state index is 12.8. The number of anilines is 1. The van der Waals surface area contributed by atoms with Crippen molar-refractivity contribution >= 4 is 21.4 Å². The van der Waals surface area contributed by atoms with Crippen LogP contribution in [-0.4, -0.2) is 42.3 Å². The van der Waals surface area contributed by atoms with E-state index in [-0.39, 0.29) is 33.6 Å². The summed E-state index contributed by atoms with van der Waals surface area (Å²) in [4.78, 5) is 16.9. The van der Waals surface area contributed by atoms with E-state index in [0.29, 0.717) is 18.9 Å². The number of nitrogens with zero attached hydrogens (tertiary/aromatic N) is 3. The molecule has 1 amide bonds. The van der Waals surface area contributed by atoms with Gasteiger partial charge in [-0.2, -0.15) is 5.10 Å². The van der Waals surface area contributed by atoms with Gasteiger partial charge in [0.15, 0.2) is 0 Å². The summed E-state index contributed by atoms with van der Waals surface area (Å²) in [7, 11) is -3.67. The van der Waals surface area contributed by atoms with Gasteiger partial charge in [-0.3, -0.25) is 14.5 Å². The Hall–Kier alpha value is -3.04. The molecule has 1 aliphatic carbocycles. The summed E-state index contributed by atoms with van der Waals surface area (Å²) in [6, 6.07) is 10.1. The number of carbonyl (C=O) groups excluding carboxylic acids is 1.